The number of nitro benzene ring substituents is 1. The highest BCUT2D eigenvalue weighted by atomic mass is 16.6. The smallest absolute Gasteiger partial charge is 0.292 e. The van der Waals surface area contributed by atoms with Gasteiger partial charge in [0.05, 0.1) is 16.6 Å². The van der Waals surface area contributed by atoms with Crippen LogP contribution in [0.3, 0.4) is 0 Å². The maximum Gasteiger partial charge on any atom is 0.292 e. The van der Waals surface area contributed by atoms with Crippen molar-refractivity contribution in [3.8, 4) is 6.07 Å². The van der Waals surface area contributed by atoms with Gasteiger partial charge in [0.15, 0.2) is 0 Å². The summed E-state index contributed by atoms with van der Waals surface area (Å²) in [6.45, 7) is 6.52. The molecule has 0 fully saturated rings. The quantitative estimate of drug-likeness (QED) is 0.639. The average molecular weight is 290 g/mol. The van der Waals surface area contributed by atoms with Crippen LogP contribution in [0.15, 0.2) is 18.2 Å². The molecule has 112 valence electrons. The van der Waals surface area contributed by atoms with Crippen LogP contribution in [0.1, 0.15) is 26.3 Å². The van der Waals surface area contributed by atoms with E-state index >= 15 is 0 Å². The zero-order chi connectivity index (χ0) is 16.0. The summed E-state index contributed by atoms with van der Waals surface area (Å²) in [4.78, 5) is 24.3. The Kier molecular flexibility index (Phi) is 5.67. The SMILES string of the molecule is CCN(CC)C(=O)C(C)Nc1cc(C#N)ccc1[N+](=O)[O-]. The highest BCUT2D eigenvalue weighted by Crippen LogP contribution is 2.26. The fraction of sp³-hybridized carbons (Fsp3) is 0.429. The van der Waals surface area contributed by atoms with Crippen molar-refractivity contribution in [1.29, 1.82) is 5.26 Å². The lowest BCUT2D eigenvalue weighted by Crippen LogP contribution is -2.41. The molecule has 1 N–H and O–H groups in total. The number of anilines is 1. The minimum Gasteiger partial charge on any atom is -0.368 e. The van der Waals surface area contributed by atoms with Gasteiger partial charge < -0.3 is 10.2 Å². The first-order valence-corrected chi connectivity index (χ1v) is 6.68. The van der Waals surface area contributed by atoms with Crippen molar-refractivity contribution >= 4 is 17.3 Å². The molecular weight excluding hydrogens is 272 g/mol. The van der Waals surface area contributed by atoms with E-state index in [0.29, 0.717) is 18.7 Å². The molecule has 0 spiro atoms. The van der Waals surface area contributed by atoms with Gasteiger partial charge >= 0.3 is 0 Å². The standard InChI is InChI=1S/C14H18N4O3/c1-4-17(5-2)14(19)10(3)16-12-8-11(9-15)6-7-13(12)18(20)21/h6-8,10,16H,4-5H2,1-3H3. The lowest BCUT2D eigenvalue weighted by Gasteiger charge is -2.24. The zero-order valence-electron chi connectivity index (χ0n) is 12.3. The van der Waals surface area contributed by atoms with E-state index < -0.39 is 11.0 Å². The molecule has 7 nitrogen and oxygen atoms in total. The van der Waals surface area contributed by atoms with Crippen molar-refractivity contribution in [2.45, 2.75) is 26.8 Å². The number of hydrogen-bond acceptors (Lipinski definition) is 5. The molecule has 1 aromatic rings. The summed E-state index contributed by atoms with van der Waals surface area (Å²) in [5.41, 5.74) is 0.311. The van der Waals surface area contributed by atoms with Crippen LogP contribution in [0, 0.1) is 21.4 Å². The summed E-state index contributed by atoms with van der Waals surface area (Å²) >= 11 is 0. The number of nitriles is 1. The van der Waals surface area contributed by atoms with E-state index in [2.05, 4.69) is 5.32 Å². The number of carbonyl (C=O) groups excluding carboxylic acids is 1. The molecule has 1 atom stereocenters. The molecule has 0 heterocycles. The second kappa shape index (κ2) is 7.24. The number of hydrogen-bond donors (Lipinski definition) is 1. The summed E-state index contributed by atoms with van der Waals surface area (Å²) in [5.74, 6) is -0.142. The molecule has 1 rings (SSSR count). The van der Waals surface area contributed by atoms with Crippen LogP contribution in [0.5, 0.6) is 0 Å². The number of nitro groups is 1. The molecule has 7 heteroatoms. The van der Waals surface area contributed by atoms with Gasteiger partial charge in [0.25, 0.3) is 5.69 Å². The molecule has 0 aliphatic carbocycles. The third-order valence-corrected chi connectivity index (χ3v) is 3.14. The van der Waals surface area contributed by atoms with Crippen molar-refractivity contribution < 1.29 is 9.72 Å². The molecular formula is C14H18N4O3. The number of carbonyl (C=O) groups is 1. The lowest BCUT2D eigenvalue weighted by atomic mass is 10.1. The predicted octanol–water partition coefficient (Wildman–Crippen LogP) is 2.14. The molecule has 0 aliphatic rings. The van der Waals surface area contributed by atoms with Gasteiger partial charge in [-0.05, 0) is 32.9 Å². The Morgan fingerprint density at radius 3 is 2.57 bits per heavy atom. The van der Waals surface area contributed by atoms with Crippen molar-refractivity contribution in [2.75, 3.05) is 18.4 Å². The van der Waals surface area contributed by atoms with E-state index in [1.165, 1.54) is 18.2 Å². The number of benzene rings is 1. The van der Waals surface area contributed by atoms with Gasteiger partial charge in [-0.25, -0.2) is 0 Å². The second-order valence-corrected chi connectivity index (χ2v) is 4.48. The molecule has 0 saturated carbocycles. The minimum atomic E-state index is -0.613. The third kappa shape index (κ3) is 3.92. The van der Waals surface area contributed by atoms with Gasteiger partial charge in [-0.1, -0.05) is 0 Å². The van der Waals surface area contributed by atoms with Crippen LogP contribution >= 0.6 is 0 Å². The van der Waals surface area contributed by atoms with E-state index in [1.807, 2.05) is 19.9 Å². The Balaban J connectivity index is 3.03. The van der Waals surface area contributed by atoms with E-state index in [0.717, 1.165) is 0 Å². The third-order valence-electron chi connectivity index (χ3n) is 3.14. The maximum absolute atomic E-state index is 12.2. The van der Waals surface area contributed by atoms with Crippen molar-refractivity contribution in [3.05, 3.63) is 33.9 Å². The minimum absolute atomic E-state index is 0.142. The fourth-order valence-corrected chi connectivity index (χ4v) is 1.98. The van der Waals surface area contributed by atoms with E-state index in [-0.39, 0.29) is 17.3 Å². The van der Waals surface area contributed by atoms with Gasteiger partial charge in [0.1, 0.15) is 11.7 Å². The van der Waals surface area contributed by atoms with Crippen LogP contribution in [0.4, 0.5) is 11.4 Å². The van der Waals surface area contributed by atoms with Crippen LogP contribution in [-0.4, -0.2) is 34.9 Å². The number of likely N-dealkylation sites (N-methyl/N-ethyl adjacent to an activating group) is 1. The molecule has 1 amide bonds. The molecule has 0 saturated heterocycles. The summed E-state index contributed by atoms with van der Waals surface area (Å²) in [7, 11) is 0. The average Bonchev–Trinajstić information content (AvgIpc) is 2.47. The largest absolute Gasteiger partial charge is 0.368 e. The van der Waals surface area contributed by atoms with Crippen LogP contribution in [0.25, 0.3) is 0 Å². The molecule has 0 bridgehead atoms. The first kappa shape index (κ1) is 16.4. The molecule has 21 heavy (non-hydrogen) atoms. The van der Waals surface area contributed by atoms with E-state index in [9.17, 15) is 14.9 Å². The zero-order valence-corrected chi connectivity index (χ0v) is 12.3. The van der Waals surface area contributed by atoms with Crippen LogP contribution < -0.4 is 5.32 Å². The Morgan fingerprint density at radius 1 is 1.48 bits per heavy atom. The molecule has 0 aliphatic heterocycles. The highest BCUT2D eigenvalue weighted by Gasteiger charge is 2.22. The monoisotopic (exact) mass is 290 g/mol. The van der Waals surface area contributed by atoms with Crippen molar-refractivity contribution in [3.63, 3.8) is 0 Å². The summed E-state index contributed by atoms with van der Waals surface area (Å²) in [6.07, 6.45) is 0. The molecule has 0 aromatic heterocycles. The van der Waals surface area contributed by atoms with Gasteiger partial charge in [-0.3, -0.25) is 14.9 Å². The van der Waals surface area contributed by atoms with Gasteiger partial charge in [0.2, 0.25) is 5.91 Å². The normalized spacial score (nSPS) is 11.3. The first-order valence-electron chi connectivity index (χ1n) is 6.68. The van der Waals surface area contributed by atoms with Gasteiger partial charge in [0, 0.05) is 19.2 Å². The Labute approximate surface area is 123 Å². The van der Waals surface area contributed by atoms with E-state index in [4.69, 9.17) is 5.26 Å². The number of amides is 1. The molecule has 0 radical (unpaired) electrons. The summed E-state index contributed by atoms with van der Waals surface area (Å²) < 4.78 is 0. The highest BCUT2D eigenvalue weighted by molar-refractivity contribution is 5.85. The van der Waals surface area contributed by atoms with Crippen LogP contribution in [-0.2, 0) is 4.79 Å². The summed E-state index contributed by atoms with van der Waals surface area (Å²) in [6, 6.07) is 5.32. The predicted molar refractivity (Wildman–Crippen MR) is 78.8 cm³/mol. The molecule has 1 unspecified atom stereocenters. The number of nitrogens with one attached hydrogen (secondary N) is 1. The second-order valence-electron chi connectivity index (χ2n) is 4.48. The number of nitrogens with zero attached hydrogens (tertiary/aromatic N) is 3. The lowest BCUT2D eigenvalue weighted by molar-refractivity contribution is -0.384. The fourth-order valence-electron chi connectivity index (χ4n) is 1.98. The first-order chi connectivity index (χ1) is 9.94. The number of rotatable bonds is 6. The summed E-state index contributed by atoms with van der Waals surface area (Å²) in [5, 5.41) is 22.7. The Morgan fingerprint density at radius 2 is 2.10 bits per heavy atom. The molecule has 1 aromatic carbocycles. The Hall–Kier alpha value is -2.62. The van der Waals surface area contributed by atoms with E-state index in [1.54, 1.807) is 11.8 Å². The Bertz CT molecular complexity index is 576. The van der Waals surface area contributed by atoms with Crippen molar-refractivity contribution in [2.24, 2.45) is 0 Å². The van der Waals surface area contributed by atoms with Crippen molar-refractivity contribution in [1.82, 2.24) is 4.90 Å². The topological polar surface area (TPSA) is 99.3 Å². The van der Waals surface area contributed by atoms with Crippen LogP contribution in [0.2, 0.25) is 0 Å². The van der Waals surface area contributed by atoms with Gasteiger partial charge in [-0.2, -0.15) is 5.26 Å². The maximum atomic E-state index is 12.2. The van der Waals surface area contributed by atoms with Gasteiger partial charge in [-0.15, -0.1) is 0 Å².